The molecule has 150 valence electrons. The lowest BCUT2D eigenvalue weighted by Gasteiger charge is -2.19. The van der Waals surface area contributed by atoms with Crippen LogP contribution in [0.25, 0.3) is 0 Å². The molecule has 0 aliphatic rings. The third kappa shape index (κ3) is 4.38. The van der Waals surface area contributed by atoms with Gasteiger partial charge in [0.05, 0.1) is 0 Å². The molecule has 1 heterocycles. The van der Waals surface area contributed by atoms with E-state index in [2.05, 4.69) is 10.3 Å². The minimum absolute atomic E-state index is 0.286. The first-order chi connectivity index (χ1) is 14.6. The van der Waals surface area contributed by atoms with Crippen molar-refractivity contribution in [2.24, 2.45) is 7.05 Å². The molecule has 0 saturated heterocycles. The van der Waals surface area contributed by atoms with Crippen molar-refractivity contribution < 1.29 is 13.9 Å². The maximum Gasteiger partial charge on any atom is 0.252 e. The number of hydrogen-bond acceptors (Lipinski definition) is 3. The zero-order valence-corrected chi connectivity index (χ0v) is 16.3. The highest BCUT2D eigenvalue weighted by Crippen LogP contribution is 2.24. The van der Waals surface area contributed by atoms with Crippen molar-refractivity contribution >= 4 is 5.91 Å². The molecule has 1 aromatic heterocycles. The lowest BCUT2D eigenvalue weighted by molar-refractivity contribution is 0.0941. The van der Waals surface area contributed by atoms with Gasteiger partial charge in [-0.1, -0.05) is 36.4 Å². The molecule has 1 atom stereocenters. The first kappa shape index (κ1) is 19.4. The van der Waals surface area contributed by atoms with Crippen LogP contribution in [0.4, 0.5) is 4.39 Å². The Bertz CT molecular complexity index is 1140. The summed E-state index contributed by atoms with van der Waals surface area (Å²) in [6, 6.07) is 21.8. The van der Waals surface area contributed by atoms with Crippen LogP contribution in [-0.4, -0.2) is 15.5 Å². The predicted molar refractivity (Wildman–Crippen MR) is 112 cm³/mol. The van der Waals surface area contributed by atoms with Gasteiger partial charge in [0.1, 0.15) is 29.2 Å². The second-order valence-electron chi connectivity index (χ2n) is 6.80. The van der Waals surface area contributed by atoms with E-state index in [-0.39, 0.29) is 11.7 Å². The number of rotatable bonds is 6. The van der Waals surface area contributed by atoms with Crippen molar-refractivity contribution in [3.63, 3.8) is 0 Å². The molecule has 0 spiro atoms. The summed E-state index contributed by atoms with van der Waals surface area (Å²) in [5.41, 5.74) is 1.18. The monoisotopic (exact) mass is 401 g/mol. The van der Waals surface area contributed by atoms with Crippen LogP contribution in [-0.2, 0) is 7.05 Å². The molecule has 0 unspecified atom stereocenters. The molecule has 1 N–H and O–H groups in total. The number of nitrogens with zero attached hydrogens (tertiary/aromatic N) is 2. The van der Waals surface area contributed by atoms with Gasteiger partial charge in [-0.25, -0.2) is 9.37 Å². The van der Waals surface area contributed by atoms with Crippen LogP contribution >= 0.6 is 0 Å². The second-order valence-corrected chi connectivity index (χ2v) is 6.80. The summed E-state index contributed by atoms with van der Waals surface area (Å²) in [5.74, 6) is 1.27. The minimum Gasteiger partial charge on any atom is -0.457 e. The third-order valence-corrected chi connectivity index (χ3v) is 4.67. The highest BCUT2D eigenvalue weighted by atomic mass is 19.1. The molecule has 4 aromatic rings. The number of carbonyl (C=O) groups excluding carboxylic acids is 1. The number of aryl methyl sites for hydroxylation is 1. The molecule has 0 radical (unpaired) electrons. The van der Waals surface area contributed by atoms with Crippen molar-refractivity contribution in [3.05, 3.63) is 114 Å². The average Bonchev–Trinajstić information content (AvgIpc) is 3.19. The van der Waals surface area contributed by atoms with E-state index in [1.165, 1.54) is 12.1 Å². The van der Waals surface area contributed by atoms with E-state index in [0.717, 1.165) is 5.56 Å². The quantitative estimate of drug-likeness (QED) is 0.501. The van der Waals surface area contributed by atoms with E-state index in [1.807, 2.05) is 41.9 Å². The number of halogens is 1. The topological polar surface area (TPSA) is 56.2 Å². The third-order valence-electron chi connectivity index (χ3n) is 4.67. The van der Waals surface area contributed by atoms with Gasteiger partial charge in [0.2, 0.25) is 0 Å². The SMILES string of the molecule is Cn1ccnc1[C@@H](NC(=O)c1cccc(Oc2ccccc2)c1)c1ccc(F)cc1. The van der Waals surface area contributed by atoms with E-state index in [4.69, 9.17) is 4.74 Å². The number of benzene rings is 3. The van der Waals surface area contributed by atoms with Gasteiger partial charge in [-0.15, -0.1) is 0 Å². The van der Waals surface area contributed by atoms with Crippen LogP contribution in [0.15, 0.2) is 91.3 Å². The van der Waals surface area contributed by atoms with Gasteiger partial charge < -0.3 is 14.6 Å². The second kappa shape index (κ2) is 8.61. The molecule has 1 amide bonds. The summed E-state index contributed by atoms with van der Waals surface area (Å²) in [6.45, 7) is 0. The number of hydrogen-bond donors (Lipinski definition) is 1. The van der Waals surface area contributed by atoms with Gasteiger partial charge in [-0.3, -0.25) is 4.79 Å². The number of amides is 1. The van der Waals surface area contributed by atoms with Gasteiger partial charge in [0.25, 0.3) is 5.91 Å². The molecule has 0 fully saturated rings. The molecule has 0 aliphatic carbocycles. The standard InChI is InChI=1S/C24H20FN3O2/c1-28-15-14-26-23(28)22(17-10-12-19(25)13-11-17)27-24(29)18-6-5-9-21(16-18)30-20-7-3-2-4-8-20/h2-16,22H,1H3,(H,27,29)/t22-/m0/s1. The molecule has 30 heavy (non-hydrogen) atoms. The van der Waals surface area contributed by atoms with Crippen LogP contribution in [0.5, 0.6) is 11.5 Å². The zero-order chi connectivity index (χ0) is 20.9. The molecular formula is C24H20FN3O2. The highest BCUT2D eigenvalue weighted by molar-refractivity contribution is 5.95. The van der Waals surface area contributed by atoms with E-state index in [0.29, 0.717) is 22.9 Å². The number of ether oxygens (including phenoxy) is 1. The number of nitrogens with one attached hydrogen (secondary N) is 1. The summed E-state index contributed by atoms with van der Waals surface area (Å²) < 4.78 is 21.0. The van der Waals surface area contributed by atoms with Gasteiger partial charge >= 0.3 is 0 Å². The van der Waals surface area contributed by atoms with Crippen LogP contribution in [0.1, 0.15) is 27.8 Å². The van der Waals surface area contributed by atoms with Crippen LogP contribution in [0.3, 0.4) is 0 Å². The number of para-hydroxylation sites is 1. The summed E-state index contributed by atoms with van der Waals surface area (Å²) >= 11 is 0. The van der Waals surface area contributed by atoms with Crippen molar-refractivity contribution in [2.75, 3.05) is 0 Å². The summed E-state index contributed by atoms with van der Waals surface area (Å²) in [7, 11) is 1.85. The fourth-order valence-corrected chi connectivity index (χ4v) is 3.15. The Morgan fingerprint density at radius 1 is 1.00 bits per heavy atom. The molecule has 0 saturated carbocycles. The van der Waals surface area contributed by atoms with E-state index >= 15 is 0 Å². The van der Waals surface area contributed by atoms with Gasteiger partial charge in [-0.2, -0.15) is 0 Å². The largest absolute Gasteiger partial charge is 0.457 e. The maximum atomic E-state index is 13.4. The Balaban J connectivity index is 1.59. The lowest BCUT2D eigenvalue weighted by atomic mass is 10.0. The Labute approximate surface area is 173 Å². The first-order valence-electron chi connectivity index (χ1n) is 9.46. The average molecular weight is 401 g/mol. The molecule has 6 heteroatoms. The lowest BCUT2D eigenvalue weighted by Crippen LogP contribution is -2.31. The fraction of sp³-hybridized carbons (Fsp3) is 0.0833. The predicted octanol–water partition coefficient (Wildman–Crippen LogP) is 4.87. The Morgan fingerprint density at radius 2 is 1.73 bits per heavy atom. The van der Waals surface area contributed by atoms with Crippen molar-refractivity contribution in [2.45, 2.75) is 6.04 Å². The Hall–Kier alpha value is -3.93. The van der Waals surface area contributed by atoms with E-state index in [9.17, 15) is 9.18 Å². The van der Waals surface area contributed by atoms with Gasteiger partial charge in [0, 0.05) is 25.0 Å². The molecule has 4 rings (SSSR count). The summed E-state index contributed by atoms with van der Waals surface area (Å²) in [6.07, 6.45) is 3.46. The maximum absolute atomic E-state index is 13.4. The van der Waals surface area contributed by atoms with Crippen LogP contribution < -0.4 is 10.1 Å². The van der Waals surface area contributed by atoms with Crippen LogP contribution in [0.2, 0.25) is 0 Å². The van der Waals surface area contributed by atoms with Crippen molar-refractivity contribution in [3.8, 4) is 11.5 Å². The molecule has 3 aromatic carbocycles. The van der Waals surface area contributed by atoms with Gasteiger partial charge in [0.15, 0.2) is 0 Å². The van der Waals surface area contributed by atoms with Crippen molar-refractivity contribution in [1.29, 1.82) is 0 Å². The van der Waals surface area contributed by atoms with Crippen molar-refractivity contribution in [1.82, 2.24) is 14.9 Å². The Morgan fingerprint density at radius 3 is 2.43 bits per heavy atom. The molecule has 0 bridgehead atoms. The normalized spacial score (nSPS) is 11.7. The zero-order valence-electron chi connectivity index (χ0n) is 16.3. The molecule has 0 aliphatic heterocycles. The number of carbonyl (C=O) groups is 1. The number of imidazole rings is 1. The highest BCUT2D eigenvalue weighted by Gasteiger charge is 2.21. The van der Waals surface area contributed by atoms with E-state index in [1.54, 1.807) is 48.8 Å². The van der Waals surface area contributed by atoms with E-state index < -0.39 is 6.04 Å². The summed E-state index contributed by atoms with van der Waals surface area (Å²) in [5, 5.41) is 3.00. The minimum atomic E-state index is -0.531. The number of aromatic nitrogens is 2. The first-order valence-corrected chi connectivity index (χ1v) is 9.46. The smallest absolute Gasteiger partial charge is 0.252 e. The van der Waals surface area contributed by atoms with Crippen LogP contribution in [0, 0.1) is 5.82 Å². The molecule has 5 nitrogen and oxygen atoms in total. The summed E-state index contributed by atoms with van der Waals surface area (Å²) in [4.78, 5) is 17.4. The molecular weight excluding hydrogens is 381 g/mol. The van der Waals surface area contributed by atoms with Gasteiger partial charge in [-0.05, 0) is 48.0 Å². The fourth-order valence-electron chi connectivity index (χ4n) is 3.15. The Kier molecular flexibility index (Phi) is 5.57.